The second-order valence-corrected chi connectivity index (χ2v) is 6.29. The molecular weight excluding hydrogens is 340 g/mol. The number of aryl methyl sites for hydroxylation is 1. The summed E-state index contributed by atoms with van der Waals surface area (Å²) in [7, 11) is 0. The lowest BCUT2D eigenvalue weighted by Crippen LogP contribution is -2.37. The van der Waals surface area contributed by atoms with Crippen LogP contribution in [0, 0.1) is 0 Å². The van der Waals surface area contributed by atoms with Crippen molar-refractivity contribution in [3.05, 3.63) is 52.8 Å². The molecule has 0 radical (unpaired) electrons. The second kappa shape index (κ2) is 8.78. The highest BCUT2D eigenvalue weighted by atomic mass is 35.5. The average molecular weight is 361 g/mol. The van der Waals surface area contributed by atoms with Gasteiger partial charge in [0.15, 0.2) is 0 Å². The molecule has 2 heterocycles. The van der Waals surface area contributed by atoms with Crippen molar-refractivity contribution in [2.75, 3.05) is 31.2 Å². The molecule has 0 aliphatic carbocycles. The van der Waals surface area contributed by atoms with E-state index in [0.717, 1.165) is 24.3 Å². The fourth-order valence-electron chi connectivity index (χ4n) is 2.63. The molecule has 0 bridgehead atoms. The molecule has 3 rings (SSSR count). The molecule has 1 amide bonds. The van der Waals surface area contributed by atoms with Crippen LogP contribution in [0.4, 0.5) is 5.95 Å². The number of nitrogens with zero attached hydrogens (tertiary/aromatic N) is 3. The molecular formula is C18H21ClN4O2. The average Bonchev–Trinajstić information content (AvgIpc) is 2.66. The molecule has 1 aliphatic rings. The maximum Gasteiger partial charge on any atom is 0.225 e. The molecule has 1 aromatic heterocycles. The molecule has 0 spiro atoms. The lowest BCUT2D eigenvalue weighted by atomic mass is 10.1. The van der Waals surface area contributed by atoms with Crippen LogP contribution in [0.1, 0.15) is 17.7 Å². The number of rotatable bonds is 6. The summed E-state index contributed by atoms with van der Waals surface area (Å²) < 4.78 is 5.34. The van der Waals surface area contributed by atoms with Crippen molar-refractivity contribution < 1.29 is 9.53 Å². The van der Waals surface area contributed by atoms with E-state index in [-0.39, 0.29) is 5.91 Å². The van der Waals surface area contributed by atoms with Gasteiger partial charge in [-0.05, 0) is 30.2 Å². The van der Waals surface area contributed by atoms with Gasteiger partial charge >= 0.3 is 0 Å². The third-order valence-corrected chi connectivity index (χ3v) is 4.23. The van der Waals surface area contributed by atoms with E-state index in [1.165, 1.54) is 0 Å². The molecule has 2 aromatic rings. The smallest absolute Gasteiger partial charge is 0.225 e. The number of aromatic nitrogens is 2. The van der Waals surface area contributed by atoms with Crippen LogP contribution in [-0.2, 0) is 22.5 Å². The van der Waals surface area contributed by atoms with Crippen molar-refractivity contribution in [3.8, 4) is 0 Å². The summed E-state index contributed by atoms with van der Waals surface area (Å²) >= 11 is 5.95. The summed E-state index contributed by atoms with van der Waals surface area (Å²) in [6.45, 7) is 3.35. The molecule has 1 aliphatic heterocycles. The van der Waals surface area contributed by atoms with E-state index in [9.17, 15) is 4.79 Å². The van der Waals surface area contributed by atoms with E-state index < -0.39 is 0 Å². The fraction of sp³-hybridized carbons (Fsp3) is 0.389. The second-order valence-electron chi connectivity index (χ2n) is 5.85. The van der Waals surface area contributed by atoms with Crippen LogP contribution < -0.4 is 10.2 Å². The maximum absolute atomic E-state index is 12.0. The molecule has 0 atom stereocenters. The molecule has 0 saturated carbocycles. The van der Waals surface area contributed by atoms with Crippen molar-refractivity contribution >= 4 is 23.5 Å². The first-order valence-electron chi connectivity index (χ1n) is 8.36. The number of ether oxygens (including phenoxy) is 1. The third-order valence-electron chi connectivity index (χ3n) is 3.99. The number of halogens is 1. The van der Waals surface area contributed by atoms with Crippen molar-refractivity contribution in [1.82, 2.24) is 15.3 Å². The van der Waals surface area contributed by atoms with Gasteiger partial charge in [-0.2, -0.15) is 0 Å². The molecule has 25 heavy (non-hydrogen) atoms. The zero-order chi connectivity index (χ0) is 17.5. The van der Waals surface area contributed by atoms with E-state index >= 15 is 0 Å². The lowest BCUT2D eigenvalue weighted by molar-refractivity contribution is -0.121. The Morgan fingerprint density at radius 2 is 2.12 bits per heavy atom. The van der Waals surface area contributed by atoms with Crippen molar-refractivity contribution in [3.63, 3.8) is 0 Å². The summed E-state index contributed by atoms with van der Waals surface area (Å²) in [6.07, 6.45) is 2.81. The number of amides is 1. The van der Waals surface area contributed by atoms with Crippen LogP contribution in [0.5, 0.6) is 0 Å². The molecule has 1 N–H and O–H groups in total. The topological polar surface area (TPSA) is 67.4 Å². The number of carbonyl (C=O) groups excluding carboxylic acids is 1. The Kier molecular flexibility index (Phi) is 6.19. The molecule has 0 unspecified atom stereocenters. The Morgan fingerprint density at radius 3 is 2.92 bits per heavy atom. The van der Waals surface area contributed by atoms with Gasteiger partial charge in [-0.15, -0.1) is 0 Å². The summed E-state index contributed by atoms with van der Waals surface area (Å²) in [5.41, 5.74) is 1.85. The third kappa shape index (κ3) is 5.41. The minimum atomic E-state index is -0.00786. The van der Waals surface area contributed by atoms with Gasteiger partial charge in [0, 0.05) is 30.7 Å². The molecule has 132 valence electrons. The van der Waals surface area contributed by atoms with Gasteiger partial charge in [-0.1, -0.05) is 23.7 Å². The number of hydrogen-bond donors (Lipinski definition) is 1. The van der Waals surface area contributed by atoms with Crippen molar-refractivity contribution in [2.45, 2.75) is 19.4 Å². The first-order chi connectivity index (χ1) is 12.2. The van der Waals surface area contributed by atoms with Crippen molar-refractivity contribution in [1.29, 1.82) is 0 Å². The van der Waals surface area contributed by atoms with Crippen LogP contribution in [0.25, 0.3) is 0 Å². The molecule has 1 aromatic carbocycles. The van der Waals surface area contributed by atoms with Gasteiger partial charge in [0.1, 0.15) is 0 Å². The van der Waals surface area contributed by atoms with Crippen LogP contribution >= 0.6 is 11.6 Å². The Labute approximate surface area is 152 Å². The Hall–Kier alpha value is -2.18. The zero-order valence-corrected chi connectivity index (χ0v) is 14.7. The fourth-order valence-corrected chi connectivity index (χ4v) is 2.84. The number of carbonyl (C=O) groups is 1. The normalized spacial score (nSPS) is 14.4. The number of morpholine rings is 1. The molecule has 7 heteroatoms. The van der Waals surface area contributed by atoms with Gasteiger partial charge in [-0.3, -0.25) is 4.79 Å². The maximum atomic E-state index is 12.0. The summed E-state index contributed by atoms with van der Waals surface area (Å²) in [5.74, 6) is 0.681. The van der Waals surface area contributed by atoms with E-state index in [0.29, 0.717) is 43.6 Å². The Balaban J connectivity index is 1.48. The zero-order valence-electron chi connectivity index (χ0n) is 13.9. The SMILES string of the molecule is O=C(CCc1cccc(Cl)c1)NCc1ccnc(N2CCOCC2)n1. The first kappa shape index (κ1) is 17.6. The number of benzene rings is 1. The van der Waals surface area contributed by atoms with Crippen LogP contribution in [0.15, 0.2) is 36.5 Å². The van der Waals surface area contributed by atoms with Crippen LogP contribution in [0.3, 0.4) is 0 Å². The predicted octanol–water partition coefficient (Wildman–Crippen LogP) is 2.22. The largest absolute Gasteiger partial charge is 0.378 e. The van der Waals surface area contributed by atoms with Crippen LogP contribution in [0.2, 0.25) is 5.02 Å². The quantitative estimate of drug-likeness (QED) is 0.855. The van der Waals surface area contributed by atoms with Gasteiger partial charge in [0.25, 0.3) is 0 Å². The highest BCUT2D eigenvalue weighted by Gasteiger charge is 2.14. The minimum Gasteiger partial charge on any atom is -0.378 e. The summed E-state index contributed by atoms with van der Waals surface area (Å²) in [6, 6.07) is 9.39. The first-order valence-corrected chi connectivity index (χ1v) is 8.74. The summed E-state index contributed by atoms with van der Waals surface area (Å²) in [5, 5.41) is 3.60. The number of anilines is 1. The minimum absolute atomic E-state index is 0.00786. The van der Waals surface area contributed by atoms with Gasteiger partial charge in [0.05, 0.1) is 25.5 Å². The Morgan fingerprint density at radius 1 is 1.28 bits per heavy atom. The lowest BCUT2D eigenvalue weighted by Gasteiger charge is -2.26. The molecule has 6 nitrogen and oxygen atoms in total. The predicted molar refractivity (Wildman–Crippen MR) is 96.7 cm³/mol. The molecule has 1 fully saturated rings. The van der Waals surface area contributed by atoms with E-state index in [1.54, 1.807) is 6.20 Å². The van der Waals surface area contributed by atoms with Crippen molar-refractivity contribution in [2.24, 2.45) is 0 Å². The van der Waals surface area contributed by atoms with Gasteiger partial charge in [0.2, 0.25) is 11.9 Å². The summed E-state index contributed by atoms with van der Waals surface area (Å²) in [4.78, 5) is 23.0. The number of hydrogen-bond acceptors (Lipinski definition) is 5. The van der Waals surface area contributed by atoms with E-state index in [1.807, 2.05) is 30.3 Å². The number of nitrogens with one attached hydrogen (secondary N) is 1. The standard InChI is InChI=1S/C18H21ClN4O2/c19-15-3-1-2-14(12-15)4-5-17(24)21-13-16-6-7-20-18(22-16)23-8-10-25-11-9-23/h1-3,6-7,12H,4-5,8-11,13H2,(H,21,24). The van der Waals surface area contributed by atoms with Gasteiger partial charge in [-0.25, -0.2) is 9.97 Å². The van der Waals surface area contributed by atoms with E-state index in [2.05, 4.69) is 20.2 Å². The van der Waals surface area contributed by atoms with Gasteiger partial charge < -0.3 is 15.0 Å². The molecule has 1 saturated heterocycles. The highest BCUT2D eigenvalue weighted by Crippen LogP contribution is 2.12. The van der Waals surface area contributed by atoms with Crippen LogP contribution in [-0.4, -0.2) is 42.2 Å². The van der Waals surface area contributed by atoms with E-state index in [4.69, 9.17) is 16.3 Å². The highest BCUT2D eigenvalue weighted by molar-refractivity contribution is 6.30. The monoisotopic (exact) mass is 360 g/mol. The Bertz CT molecular complexity index is 720.